The Hall–Kier alpha value is -5.96. The molecule has 0 saturated carbocycles. The fraction of sp³-hybridized carbons (Fsp3) is 0. The highest BCUT2D eigenvalue weighted by atomic mass is 32.1. The maximum atomic E-state index is 2.48. The third kappa shape index (κ3) is 4.24. The highest BCUT2D eigenvalue weighted by Gasteiger charge is 2.19. The minimum Gasteiger partial charge on any atom is -0.308 e. The van der Waals surface area contributed by atoms with Crippen molar-refractivity contribution in [2.45, 2.75) is 0 Å². The molecular weight excluding hydrogens is 599 g/mol. The van der Waals surface area contributed by atoms with Gasteiger partial charge in [-0.2, -0.15) is 0 Å². The Morgan fingerprint density at radius 1 is 0.375 bits per heavy atom. The van der Waals surface area contributed by atoms with E-state index in [2.05, 4.69) is 180 Å². The first-order valence-corrected chi connectivity index (χ1v) is 17.2. The topological polar surface area (TPSA) is 4.93 Å². The van der Waals surface area contributed by atoms with Crippen molar-refractivity contribution >= 4 is 64.1 Å². The predicted molar refractivity (Wildman–Crippen MR) is 207 cm³/mol. The lowest BCUT2D eigenvalue weighted by Gasteiger charge is -2.13. The van der Waals surface area contributed by atoms with Crippen molar-refractivity contribution in [2.75, 3.05) is 0 Å². The number of thiophene rings is 1. The number of para-hydroxylation sites is 1. The van der Waals surface area contributed by atoms with Gasteiger partial charge in [0.05, 0.1) is 15.7 Å². The first-order chi connectivity index (χ1) is 23.8. The van der Waals surface area contributed by atoms with Gasteiger partial charge in [-0.05, 0) is 86.6 Å². The number of benzene rings is 8. The summed E-state index contributed by atoms with van der Waals surface area (Å²) in [4.78, 5) is 0. The quantitative estimate of drug-likeness (QED) is 0.183. The fourth-order valence-corrected chi connectivity index (χ4v) is 8.77. The average Bonchev–Trinajstić information content (AvgIpc) is 3.72. The SMILES string of the molecule is c1ccc(-c2cc(-c3ccccc3)cc(-c3ccc(-n4c5ccccc5c5ccc6c(sc7ccc8ccccc8c76)c54)cc3)c2)cc1. The van der Waals surface area contributed by atoms with Gasteiger partial charge in [0.1, 0.15) is 0 Å². The maximum absolute atomic E-state index is 2.48. The second kappa shape index (κ2) is 10.8. The van der Waals surface area contributed by atoms with Gasteiger partial charge in [-0.3, -0.25) is 0 Å². The molecule has 0 N–H and O–H groups in total. The number of hydrogen-bond acceptors (Lipinski definition) is 1. The number of hydrogen-bond donors (Lipinski definition) is 0. The molecule has 0 unspecified atom stereocenters. The summed E-state index contributed by atoms with van der Waals surface area (Å²) in [6, 6.07) is 64.3. The van der Waals surface area contributed by atoms with E-state index in [1.165, 1.54) is 91.8 Å². The summed E-state index contributed by atoms with van der Waals surface area (Å²) in [5, 5.41) is 7.86. The predicted octanol–water partition coefficient (Wildman–Crippen LogP) is 13.3. The number of rotatable bonds is 4. The van der Waals surface area contributed by atoms with Crippen molar-refractivity contribution in [2.24, 2.45) is 0 Å². The lowest BCUT2D eigenvalue weighted by molar-refractivity contribution is 1.19. The van der Waals surface area contributed by atoms with Crippen LogP contribution in [0.1, 0.15) is 0 Å². The third-order valence-corrected chi connectivity index (χ3v) is 10.9. The van der Waals surface area contributed by atoms with Crippen molar-refractivity contribution in [3.8, 4) is 39.1 Å². The molecule has 10 rings (SSSR count). The molecule has 0 aliphatic heterocycles. The van der Waals surface area contributed by atoms with Crippen molar-refractivity contribution < 1.29 is 0 Å². The van der Waals surface area contributed by atoms with Crippen LogP contribution in [0.2, 0.25) is 0 Å². The van der Waals surface area contributed by atoms with Crippen LogP contribution < -0.4 is 0 Å². The van der Waals surface area contributed by atoms with E-state index in [0.29, 0.717) is 0 Å². The van der Waals surface area contributed by atoms with Crippen LogP contribution in [-0.2, 0) is 0 Å². The van der Waals surface area contributed by atoms with Crippen molar-refractivity contribution in [1.29, 1.82) is 0 Å². The van der Waals surface area contributed by atoms with Gasteiger partial charge in [0.25, 0.3) is 0 Å². The van der Waals surface area contributed by atoms with Crippen molar-refractivity contribution in [3.63, 3.8) is 0 Å². The lowest BCUT2D eigenvalue weighted by Crippen LogP contribution is -1.94. The summed E-state index contributed by atoms with van der Waals surface area (Å²) in [5.41, 5.74) is 11.0. The molecule has 0 bridgehead atoms. The minimum absolute atomic E-state index is 1.17. The average molecular weight is 628 g/mol. The first-order valence-electron chi connectivity index (χ1n) is 16.4. The molecule has 0 saturated heterocycles. The first kappa shape index (κ1) is 27.2. The Morgan fingerprint density at radius 3 is 1.62 bits per heavy atom. The van der Waals surface area contributed by atoms with Crippen LogP contribution in [0.25, 0.3) is 91.8 Å². The zero-order chi connectivity index (χ0) is 31.6. The van der Waals surface area contributed by atoms with E-state index in [4.69, 9.17) is 0 Å². The maximum Gasteiger partial charge on any atom is 0.0719 e. The van der Waals surface area contributed by atoms with Gasteiger partial charge < -0.3 is 4.57 Å². The van der Waals surface area contributed by atoms with Crippen LogP contribution in [-0.4, -0.2) is 4.57 Å². The largest absolute Gasteiger partial charge is 0.308 e. The molecule has 0 aliphatic carbocycles. The summed E-state index contributed by atoms with van der Waals surface area (Å²) in [7, 11) is 0. The van der Waals surface area contributed by atoms with E-state index in [0.717, 1.165) is 0 Å². The number of aromatic nitrogens is 1. The standard InChI is InChI=1S/C46H29NS/c1-3-11-30(12-4-1)34-27-35(31-13-5-2-6-14-31)29-36(28-34)32-19-22-37(23-20-32)47-42-18-10-9-17-39(42)40-24-25-41-44-38-16-8-7-15-33(38)21-26-43(44)48-46(41)45(40)47/h1-29H. The van der Waals surface area contributed by atoms with Gasteiger partial charge in [-0.15, -0.1) is 11.3 Å². The van der Waals surface area contributed by atoms with E-state index in [-0.39, 0.29) is 0 Å². The molecule has 0 atom stereocenters. The molecule has 0 spiro atoms. The molecule has 2 heterocycles. The van der Waals surface area contributed by atoms with E-state index in [1.54, 1.807) is 0 Å². The normalized spacial score (nSPS) is 11.8. The lowest BCUT2D eigenvalue weighted by atomic mass is 9.93. The highest BCUT2D eigenvalue weighted by molar-refractivity contribution is 7.26. The Balaban J connectivity index is 1.18. The number of nitrogens with zero attached hydrogens (tertiary/aromatic N) is 1. The van der Waals surface area contributed by atoms with Crippen LogP contribution in [0.15, 0.2) is 176 Å². The summed E-state index contributed by atoms with van der Waals surface area (Å²) in [5.74, 6) is 0. The van der Waals surface area contributed by atoms with Crippen molar-refractivity contribution in [1.82, 2.24) is 4.57 Å². The van der Waals surface area contributed by atoms with Gasteiger partial charge >= 0.3 is 0 Å². The monoisotopic (exact) mass is 627 g/mol. The second-order valence-corrected chi connectivity index (χ2v) is 13.6. The molecule has 0 aliphatic rings. The molecule has 0 fully saturated rings. The Morgan fingerprint density at radius 2 is 0.938 bits per heavy atom. The molecule has 10 aromatic rings. The zero-order valence-electron chi connectivity index (χ0n) is 26.1. The van der Waals surface area contributed by atoms with E-state index in [9.17, 15) is 0 Å². The van der Waals surface area contributed by atoms with Crippen LogP contribution in [0, 0.1) is 0 Å². The van der Waals surface area contributed by atoms with Crippen molar-refractivity contribution in [3.05, 3.63) is 176 Å². The molecule has 48 heavy (non-hydrogen) atoms. The van der Waals surface area contributed by atoms with Crippen LogP contribution in [0.5, 0.6) is 0 Å². The summed E-state index contributed by atoms with van der Waals surface area (Å²) < 4.78 is 5.14. The summed E-state index contributed by atoms with van der Waals surface area (Å²) >= 11 is 1.91. The van der Waals surface area contributed by atoms with E-state index >= 15 is 0 Å². The van der Waals surface area contributed by atoms with Crippen LogP contribution in [0.3, 0.4) is 0 Å². The molecule has 2 aromatic heterocycles. The van der Waals surface area contributed by atoms with Gasteiger partial charge in [-0.1, -0.05) is 133 Å². The zero-order valence-corrected chi connectivity index (χ0v) is 26.9. The van der Waals surface area contributed by atoms with Gasteiger partial charge in [0.15, 0.2) is 0 Å². The third-order valence-electron chi connectivity index (χ3n) is 9.77. The Kier molecular flexibility index (Phi) is 6.12. The molecule has 2 heteroatoms. The second-order valence-electron chi connectivity index (χ2n) is 12.5. The van der Waals surface area contributed by atoms with E-state index < -0.39 is 0 Å². The summed E-state index contributed by atoms with van der Waals surface area (Å²) in [6.45, 7) is 0. The van der Waals surface area contributed by atoms with Gasteiger partial charge in [-0.25, -0.2) is 0 Å². The smallest absolute Gasteiger partial charge is 0.0719 e. The van der Waals surface area contributed by atoms with Gasteiger partial charge in [0.2, 0.25) is 0 Å². The van der Waals surface area contributed by atoms with Crippen LogP contribution >= 0.6 is 11.3 Å². The fourth-order valence-electron chi connectivity index (χ4n) is 7.51. The molecule has 224 valence electrons. The van der Waals surface area contributed by atoms with Gasteiger partial charge in [0, 0.05) is 31.9 Å². The van der Waals surface area contributed by atoms with Crippen LogP contribution in [0.4, 0.5) is 0 Å². The molecule has 0 radical (unpaired) electrons. The Bertz CT molecular complexity index is 2750. The molecule has 1 nitrogen and oxygen atoms in total. The van der Waals surface area contributed by atoms with E-state index in [1.807, 2.05) is 11.3 Å². The summed E-state index contributed by atoms with van der Waals surface area (Å²) in [6.07, 6.45) is 0. The molecule has 0 amide bonds. The molecular formula is C46H29NS. The molecule has 8 aromatic carbocycles. The Labute approximate surface area is 282 Å². The minimum atomic E-state index is 1.17. The highest BCUT2D eigenvalue weighted by Crippen LogP contribution is 2.45. The number of fused-ring (bicyclic) bond motifs is 9.